The third-order valence-corrected chi connectivity index (χ3v) is 6.25. The molecule has 1 aliphatic rings. The van der Waals surface area contributed by atoms with Gasteiger partial charge in [-0.1, -0.05) is 41.7 Å². The molecule has 1 aromatic carbocycles. The van der Waals surface area contributed by atoms with Crippen LogP contribution in [0.1, 0.15) is 18.9 Å². The lowest BCUT2D eigenvalue weighted by atomic mass is 10.1. The number of benzene rings is 1. The van der Waals surface area contributed by atoms with E-state index in [0.717, 1.165) is 52.5 Å². The van der Waals surface area contributed by atoms with Crippen LogP contribution in [0, 0.1) is 0 Å². The topological polar surface area (TPSA) is 63.9 Å². The summed E-state index contributed by atoms with van der Waals surface area (Å²) in [7, 11) is 0. The minimum atomic E-state index is -0.0378. The molecule has 0 radical (unpaired) electrons. The average Bonchev–Trinajstić information content (AvgIpc) is 3.19. The summed E-state index contributed by atoms with van der Waals surface area (Å²) in [6.45, 7) is 1.73. The summed E-state index contributed by atoms with van der Waals surface area (Å²) in [5.41, 5.74) is 2.76. The molecule has 4 aromatic rings. The lowest BCUT2D eigenvalue weighted by Crippen LogP contribution is -2.38. The van der Waals surface area contributed by atoms with Crippen LogP contribution in [-0.4, -0.2) is 32.8 Å². The van der Waals surface area contributed by atoms with Gasteiger partial charge in [0.05, 0.1) is 22.6 Å². The molecule has 0 unspecified atom stereocenters. The van der Waals surface area contributed by atoms with Crippen LogP contribution in [0.2, 0.25) is 0 Å². The smallest absolute Gasteiger partial charge is 0.267 e. The van der Waals surface area contributed by atoms with E-state index in [0.29, 0.717) is 0 Å². The first-order valence-corrected chi connectivity index (χ1v) is 10.2. The first-order chi connectivity index (χ1) is 13.8. The van der Waals surface area contributed by atoms with E-state index in [1.807, 2.05) is 36.4 Å². The van der Waals surface area contributed by atoms with E-state index in [1.54, 1.807) is 40.5 Å². The molecule has 4 heterocycles. The Morgan fingerprint density at radius 2 is 1.82 bits per heavy atom. The molecule has 0 aliphatic carbocycles. The molecule has 0 atom stereocenters. The van der Waals surface area contributed by atoms with Gasteiger partial charge in [0.1, 0.15) is 5.52 Å². The normalized spacial score (nSPS) is 15.2. The van der Waals surface area contributed by atoms with Crippen LogP contribution in [0.15, 0.2) is 65.7 Å². The van der Waals surface area contributed by atoms with Gasteiger partial charge in [0.15, 0.2) is 5.13 Å². The van der Waals surface area contributed by atoms with Crippen molar-refractivity contribution in [3.8, 4) is 11.3 Å². The van der Waals surface area contributed by atoms with Crippen molar-refractivity contribution in [2.45, 2.75) is 18.9 Å². The van der Waals surface area contributed by atoms with Gasteiger partial charge in [-0.2, -0.15) is 5.10 Å². The van der Waals surface area contributed by atoms with Gasteiger partial charge in [-0.15, -0.1) is 0 Å². The van der Waals surface area contributed by atoms with Crippen molar-refractivity contribution in [2.24, 2.45) is 0 Å². The molecule has 1 aliphatic heterocycles. The Kier molecular flexibility index (Phi) is 4.37. The maximum atomic E-state index is 12.4. The number of aromatic nitrogens is 4. The molecule has 1 saturated heterocycles. The SMILES string of the molecule is O=c1ccc(-c2ccccc2)nn1C1CCN(c2nc3cnccc3s2)CC1. The molecule has 6 nitrogen and oxygen atoms in total. The second-order valence-corrected chi connectivity index (χ2v) is 7.93. The Labute approximate surface area is 166 Å². The summed E-state index contributed by atoms with van der Waals surface area (Å²) in [4.78, 5) is 23.6. The van der Waals surface area contributed by atoms with Crippen molar-refractivity contribution in [3.05, 3.63) is 71.3 Å². The molecule has 1 fully saturated rings. The second-order valence-electron chi connectivity index (χ2n) is 6.93. The van der Waals surface area contributed by atoms with E-state index in [4.69, 9.17) is 4.98 Å². The van der Waals surface area contributed by atoms with Crippen molar-refractivity contribution in [3.63, 3.8) is 0 Å². The van der Waals surface area contributed by atoms with Crippen LogP contribution in [-0.2, 0) is 0 Å². The molecule has 5 rings (SSSR count). The predicted octanol–water partition coefficient (Wildman–Crippen LogP) is 3.76. The number of anilines is 1. The molecule has 140 valence electrons. The molecular weight excluding hydrogens is 370 g/mol. The second kappa shape index (κ2) is 7.16. The fourth-order valence-electron chi connectivity index (χ4n) is 3.65. The van der Waals surface area contributed by atoms with Crippen LogP contribution in [0.4, 0.5) is 5.13 Å². The monoisotopic (exact) mass is 389 g/mol. The highest BCUT2D eigenvalue weighted by Gasteiger charge is 2.24. The van der Waals surface area contributed by atoms with Gasteiger partial charge in [-0.25, -0.2) is 9.67 Å². The first-order valence-electron chi connectivity index (χ1n) is 9.39. The highest BCUT2D eigenvalue weighted by atomic mass is 32.1. The van der Waals surface area contributed by atoms with Gasteiger partial charge in [-0.05, 0) is 25.0 Å². The lowest BCUT2D eigenvalue weighted by molar-refractivity contribution is 0.354. The Morgan fingerprint density at radius 1 is 1.00 bits per heavy atom. The zero-order valence-electron chi connectivity index (χ0n) is 15.2. The fraction of sp³-hybridized carbons (Fsp3) is 0.238. The molecule has 7 heteroatoms. The van der Waals surface area contributed by atoms with E-state index in [-0.39, 0.29) is 11.6 Å². The number of rotatable bonds is 3. The highest BCUT2D eigenvalue weighted by molar-refractivity contribution is 7.22. The number of nitrogens with zero attached hydrogens (tertiary/aromatic N) is 5. The molecule has 0 amide bonds. The van der Waals surface area contributed by atoms with Gasteiger partial charge in [-0.3, -0.25) is 9.78 Å². The molecule has 0 N–H and O–H groups in total. The van der Waals surface area contributed by atoms with Crippen LogP contribution < -0.4 is 10.5 Å². The van der Waals surface area contributed by atoms with E-state index in [1.165, 1.54) is 0 Å². The Balaban J connectivity index is 1.36. The van der Waals surface area contributed by atoms with E-state index in [2.05, 4.69) is 15.0 Å². The number of hydrogen-bond donors (Lipinski definition) is 0. The summed E-state index contributed by atoms with van der Waals surface area (Å²) < 4.78 is 2.82. The molecule has 3 aromatic heterocycles. The van der Waals surface area contributed by atoms with Gasteiger partial charge in [0.25, 0.3) is 5.56 Å². The molecular formula is C21H19N5OS. The average molecular weight is 389 g/mol. The fourth-order valence-corrected chi connectivity index (χ4v) is 4.64. The van der Waals surface area contributed by atoms with Gasteiger partial charge in [0.2, 0.25) is 0 Å². The number of fused-ring (bicyclic) bond motifs is 1. The maximum absolute atomic E-state index is 12.4. The molecule has 0 saturated carbocycles. The van der Waals surface area contributed by atoms with Crippen molar-refractivity contribution < 1.29 is 0 Å². The Hall–Kier alpha value is -3.06. The zero-order valence-corrected chi connectivity index (χ0v) is 16.0. The van der Waals surface area contributed by atoms with Gasteiger partial charge in [0, 0.05) is 30.9 Å². The van der Waals surface area contributed by atoms with Crippen LogP contribution >= 0.6 is 11.3 Å². The molecule has 28 heavy (non-hydrogen) atoms. The van der Waals surface area contributed by atoms with Crippen LogP contribution in [0.3, 0.4) is 0 Å². The van der Waals surface area contributed by atoms with Crippen molar-refractivity contribution in [1.82, 2.24) is 19.7 Å². The summed E-state index contributed by atoms with van der Waals surface area (Å²) in [5.74, 6) is 0. The number of thiazole rings is 1. The summed E-state index contributed by atoms with van der Waals surface area (Å²) in [6.07, 6.45) is 5.35. The minimum Gasteiger partial charge on any atom is -0.348 e. The predicted molar refractivity (Wildman–Crippen MR) is 112 cm³/mol. The minimum absolute atomic E-state index is 0.0378. The Morgan fingerprint density at radius 3 is 2.61 bits per heavy atom. The van der Waals surface area contributed by atoms with Crippen molar-refractivity contribution in [1.29, 1.82) is 0 Å². The zero-order chi connectivity index (χ0) is 18.9. The van der Waals surface area contributed by atoms with E-state index in [9.17, 15) is 4.79 Å². The van der Waals surface area contributed by atoms with Crippen molar-refractivity contribution in [2.75, 3.05) is 18.0 Å². The molecule has 0 spiro atoms. The number of pyridine rings is 1. The van der Waals surface area contributed by atoms with Crippen LogP contribution in [0.5, 0.6) is 0 Å². The lowest BCUT2D eigenvalue weighted by Gasteiger charge is -2.32. The first kappa shape index (κ1) is 17.1. The maximum Gasteiger partial charge on any atom is 0.267 e. The largest absolute Gasteiger partial charge is 0.348 e. The summed E-state index contributed by atoms with van der Waals surface area (Å²) >= 11 is 1.69. The molecule has 0 bridgehead atoms. The number of hydrogen-bond acceptors (Lipinski definition) is 6. The van der Waals surface area contributed by atoms with Crippen LogP contribution in [0.25, 0.3) is 21.5 Å². The third kappa shape index (κ3) is 3.18. The summed E-state index contributed by atoms with van der Waals surface area (Å²) in [6, 6.07) is 15.5. The van der Waals surface area contributed by atoms with E-state index >= 15 is 0 Å². The van der Waals surface area contributed by atoms with Crippen molar-refractivity contribution >= 4 is 26.7 Å². The van der Waals surface area contributed by atoms with Gasteiger partial charge < -0.3 is 4.90 Å². The standard InChI is InChI=1S/C21H19N5OS/c27-20-7-6-17(15-4-2-1-3-5-15)24-26(20)16-9-12-25(13-10-16)21-23-18-14-22-11-8-19(18)28-21/h1-8,11,14,16H,9-10,12-13H2. The highest BCUT2D eigenvalue weighted by Crippen LogP contribution is 2.31. The summed E-state index contributed by atoms with van der Waals surface area (Å²) in [5, 5.41) is 5.69. The van der Waals surface area contributed by atoms with E-state index < -0.39 is 0 Å². The number of piperidine rings is 1. The Bertz CT molecular complexity index is 1130. The quantitative estimate of drug-likeness (QED) is 0.534. The third-order valence-electron chi connectivity index (χ3n) is 5.15. The van der Waals surface area contributed by atoms with Gasteiger partial charge >= 0.3 is 0 Å².